The minimum Gasteiger partial charge on any atom is -0.495 e. The maximum Gasteiger partial charge on any atom is 0.248 e. The Bertz CT molecular complexity index is 1090. The van der Waals surface area contributed by atoms with E-state index >= 15 is 0 Å². The Labute approximate surface area is 156 Å². The fourth-order valence-electron chi connectivity index (χ4n) is 2.82. The Morgan fingerprint density at radius 3 is 2.48 bits per heavy atom. The van der Waals surface area contributed by atoms with Crippen LogP contribution in [0.3, 0.4) is 0 Å². The van der Waals surface area contributed by atoms with Gasteiger partial charge < -0.3 is 20.5 Å². The van der Waals surface area contributed by atoms with E-state index in [1.807, 2.05) is 66.7 Å². The number of methoxy groups -OCH3 is 1. The third-order valence-corrected chi connectivity index (χ3v) is 4.16. The van der Waals surface area contributed by atoms with Crippen molar-refractivity contribution in [3.8, 4) is 17.4 Å². The van der Waals surface area contributed by atoms with Crippen molar-refractivity contribution in [2.75, 3.05) is 18.2 Å². The molecule has 4 rings (SSSR count). The first-order valence-electron chi connectivity index (χ1n) is 8.42. The maximum atomic E-state index is 6.26. The van der Waals surface area contributed by atoms with Crippen molar-refractivity contribution in [1.82, 2.24) is 9.97 Å². The zero-order valence-corrected chi connectivity index (χ0v) is 14.7. The zero-order valence-electron chi connectivity index (χ0n) is 14.7. The highest BCUT2D eigenvalue weighted by atomic mass is 16.5. The van der Waals surface area contributed by atoms with Gasteiger partial charge in [-0.15, -0.1) is 0 Å². The monoisotopic (exact) mass is 358 g/mol. The van der Waals surface area contributed by atoms with Gasteiger partial charge in [0.2, 0.25) is 5.88 Å². The number of fused-ring (bicyclic) bond motifs is 1. The highest BCUT2D eigenvalue weighted by Gasteiger charge is 2.13. The fourth-order valence-corrected chi connectivity index (χ4v) is 2.82. The van der Waals surface area contributed by atoms with Crippen LogP contribution in [0, 0.1) is 0 Å². The van der Waals surface area contributed by atoms with Crippen LogP contribution in [0.4, 0.5) is 17.2 Å². The van der Waals surface area contributed by atoms with Crippen LogP contribution >= 0.6 is 0 Å². The van der Waals surface area contributed by atoms with Crippen LogP contribution in [0.15, 0.2) is 73.1 Å². The molecule has 0 amide bonds. The summed E-state index contributed by atoms with van der Waals surface area (Å²) >= 11 is 0. The molecule has 0 saturated carbocycles. The molecule has 1 aromatic heterocycles. The van der Waals surface area contributed by atoms with Crippen LogP contribution in [0.5, 0.6) is 17.4 Å². The first-order valence-corrected chi connectivity index (χ1v) is 8.42. The van der Waals surface area contributed by atoms with Crippen molar-refractivity contribution in [3.63, 3.8) is 0 Å². The smallest absolute Gasteiger partial charge is 0.248 e. The predicted octanol–water partition coefficient (Wildman–Crippen LogP) is 4.76. The van der Waals surface area contributed by atoms with Crippen LogP contribution in [0.2, 0.25) is 0 Å². The van der Waals surface area contributed by atoms with Crippen LogP contribution in [-0.2, 0) is 0 Å². The van der Waals surface area contributed by atoms with E-state index in [1.165, 1.54) is 6.33 Å². The van der Waals surface area contributed by atoms with Crippen molar-refractivity contribution >= 4 is 28.0 Å². The molecule has 0 bridgehead atoms. The molecular weight excluding hydrogens is 340 g/mol. The number of hydrogen-bond donors (Lipinski definition) is 2. The summed E-state index contributed by atoms with van der Waals surface area (Å²) in [6, 6.07) is 21.3. The Morgan fingerprint density at radius 2 is 1.59 bits per heavy atom. The van der Waals surface area contributed by atoms with E-state index in [0.717, 1.165) is 16.5 Å². The molecule has 3 aromatic carbocycles. The topological polar surface area (TPSA) is 82.3 Å². The van der Waals surface area contributed by atoms with Crippen molar-refractivity contribution in [1.29, 1.82) is 0 Å². The lowest BCUT2D eigenvalue weighted by molar-refractivity contribution is 0.417. The van der Waals surface area contributed by atoms with Crippen LogP contribution in [-0.4, -0.2) is 17.1 Å². The molecule has 0 saturated heterocycles. The van der Waals surface area contributed by atoms with E-state index in [0.29, 0.717) is 28.9 Å². The lowest BCUT2D eigenvalue weighted by atomic mass is 10.1. The van der Waals surface area contributed by atoms with Gasteiger partial charge in [0.1, 0.15) is 23.5 Å². The van der Waals surface area contributed by atoms with Crippen LogP contribution < -0.4 is 20.5 Å². The van der Waals surface area contributed by atoms with E-state index in [-0.39, 0.29) is 0 Å². The van der Waals surface area contributed by atoms with Gasteiger partial charge in [-0.05, 0) is 23.6 Å². The molecule has 27 heavy (non-hydrogen) atoms. The summed E-state index contributed by atoms with van der Waals surface area (Å²) in [7, 11) is 1.61. The number of para-hydroxylation sites is 2. The molecule has 6 nitrogen and oxygen atoms in total. The number of nitrogen functional groups attached to an aromatic ring is 1. The van der Waals surface area contributed by atoms with Crippen molar-refractivity contribution in [2.24, 2.45) is 0 Å². The number of nitrogens with zero attached hydrogens (tertiary/aromatic N) is 2. The quantitative estimate of drug-likeness (QED) is 0.535. The predicted molar refractivity (Wildman–Crippen MR) is 107 cm³/mol. The Balaban J connectivity index is 1.68. The summed E-state index contributed by atoms with van der Waals surface area (Å²) in [5.74, 6) is 2.11. The molecule has 0 aliphatic heterocycles. The molecule has 6 heteroatoms. The highest BCUT2D eigenvalue weighted by molar-refractivity contribution is 5.88. The number of hydrogen-bond acceptors (Lipinski definition) is 6. The van der Waals surface area contributed by atoms with Gasteiger partial charge >= 0.3 is 0 Å². The molecule has 0 unspecified atom stereocenters. The second-order valence-electron chi connectivity index (χ2n) is 5.85. The zero-order chi connectivity index (χ0) is 18.6. The van der Waals surface area contributed by atoms with Gasteiger partial charge in [0, 0.05) is 5.39 Å². The van der Waals surface area contributed by atoms with Crippen LogP contribution in [0.25, 0.3) is 10.8 Å². The molecule has 3 N–H and O–H groups in total. The van der Waals surface area contributed by atoms with Gasteiger partial charge in [-0.25, -0.2) is 4.98 Å². The summed E-state index contributed by atoms with van der Waals surface area (Å²) in [6.45, 7) is 0. The van der Waals surface area contributed by atoms with Gasteiger partial charge in [0.05, 0.1) is 12.8 Å². The highest BCUT2D eigenvalue weighted by Crippen LogP contribution is 2.35. The molecule has 134 valence electrons. The molecule has 0 atom stereocenters. The summed E-state index contributed by atoms with van der Waals surface area (Å²) in [6.07, 6.45) is 1.41. The van der Waals surface area contributed by atoms with E-state index < -0.39 is 0 Å². The minimum atomic E-state index is 0.291. The second-order valence-corrected chi connectivity index (χ2v) is 5.85. The molecule has 0 radical (unpaired) electrons. The van der Waals surface area contributed by atoms with E-state index in [9.17, 15) is 0 Å². The lowest BCUT2D eigenvalue weighted by Gasteiger charge is -2.14. The number of nitrogens with one attached hydrogen (secondary N) is 1. The van der Waals surface area contributed by atoms with Gasteiger partial charge in [-0.3, -0.25) is 0 Å². The molecule has 0 aliphatic carbocycles. The van der Waals surface area contributed by atoms with Crippen molar-refractivity contribution < 1.29 is 9.47 Å². The summed E-state index contributed by atoms with van der Waals surface area (Å²) in [4.78, 5) is 8.43. The van der Waals surface area contributed by atoms with Crippen molar-refractivity contribution in [3.05, 3.63) is 73.1 Å². The average molecular weight is 358 g/mol. The molecule has 4 aromatic rings. The standard InChI is InChI=1S/C21H18N4O2/c1-26-18-11-5-4-10-16(18)25-20-19(22)21(24-13-23-20)27-17-12-6-8-14-7-2-3-9-15(14)17/h2-13H,22H2,1H3,(H,23,24,25). The Hall–Kier alpha value is -3.80. The van der Waals surface area contributed by atoms with Crippen LogP contribution in [0.1, 0.15) is 0 Å². The van der Waals surface area contributed by atoms with E-state index in [4.69, 9.17) is 15.2 Å². The largest absolute Gasteiger partial charge is 0.495 e. The number of nitrogens with two attached hydrogens (primary N) is 1. The van der Waals surface area contributed by atoms with Gasteiger partial charge in [0.25, 0.3) is 0 Å². The van der Waals surface area contributed by atoms with Gasteiger partial charge in [0.15, 0.2) is 5.82 Å². The van der Waals surface area contributed by atoms with Gasteiger partial charge in [-0.1, -0.05) is 48.5 Å². The average Bonchev–Trinajstić information content (AvgIpc) is 2.71. The Morgan fingerprint density at radius 1 is 0.852 bits per heavy atom. The van der Waals surface area contributed by atoms with E-state index in [2.05, 4.69) is 15.3 Å². The van der Waals surface area contributed by atoms with E-state index in [1.54, 1.807) is 7.11 Å². The second kappa shape index (κ2) is 7.21. The molecule has 1 heterocycles. The summed E-state index contributed by atoms with van der Waals surface area (Å²) in [5, 5.41) is 5.24. The normalized spacial score (nSPS) is 10.6. The maximum absolute atomic E-state index is 6.26. The third kappa shape index (κ3) is 3.32. The number of anilines is 3. The molecule has 0 spiro atoms. The number of ether oxygens (including phenoxy) is 2. The van der Waals surface area contributed by atoms with Crippen molar-refractivity contribution in [2.45, 2.75) is 0 Å². The summed E-state index contributed by atoms with van der Waals surface area (Å²) in [5.41, 5.74) is 7.33. The molecule has 0 fully saturated rings. The molecular formula is C21H18N4O2. The Kier molecular flexibility index (Phi) is 4.45. The first-order chi connectivity index (χ1) is 13.3. The molecule has 0 aliphatic rings. The number of rotatable bonds is 5. The SMILES string of the molecule is COc1ccccc1Nc1ncnc(Oc2cccc3ccccc23)c1N. The van der Waals surface area contributed by atoms with Gasteiger partial charge in [-0.2, -0.15) is 4.98 Å². The first kappa shape index (κ1) is 16.7. The fraction of sp³-hybridized carbons (Fsp3) is 0.0476. The number of benzene rings is 3. The lowest BCUT2D eigenvalue weighted by Crippen LogP contribution is -2.04. The minimum absolute atomic E-state index is 0.291. The third-order valence-electron chi connectivity index (χ3n) is 4.16. The summed E-state index contributed by atoms with van der Waals surface area (Å²) < 4.78 is 11.4. The number of aromatic nitrogens is 2.